The van der Waals surface area contributed by atoms with Gasteiger partial charge in [-0.2, -0.15) is 9.29 Å². The van der Waals surface area contributed by atoms with Crippen molar-refractivity contribution < 1.29 is 17.7 Å². The first-order chi connectivity index (χ1) is 16.5. The van der Waals surface area contributed by atoms with Gasteiger partial charge < -0.3 is 9.26 Å². The highest BCUT2D eigenvalue weighted by Crippen LogP contribution is 2.28. The minimum atomic E-state index is -3.55. The molecule has 3 aromatic carbocycles. The van der Waals surface area contributed by atoms with Gasteiger partial charge in [-0.15, -0.1) is 0 Å². The third-order valence-corrected chi connectivity index (χ3v) is 7.84. The first-order valence-corrected chi connectivity index (χ1v) is 12.7. The van der Waals surface area contributed by atoms with Crippen molar-refractivity contribution in [1.82, 2.24) is 19.3 Å². The van der Waals surface area contributed by atoms with Crippen LogP contribution in [0.1, 0.15) is 12.8 Å². The first-order valence-electron chi connectivity index (χ1n) is 11.3. The monoisotopic (exact) mass is 478 g/mol. The average Bonchev–Trinajstić information content (AvgIpc) is 3.33. The van der Waals surface area contributed by atoms with E-state index in [0.29, 0.717) is 61.7 Å². The number of para-hydroxylation sites is 1. The number of hydrogen-bond acceptors (Lipinski definition) is 7. The Labute approximate surface area is 198 Å². The van der Waals surface area contributed by atoms with E-state index in [2.05, 4.69) is 15.0 Å². The molecule has 5 rings (SSSR count). The second-order valence-electron chi connectivity index (χ2n) is 8.13. The zero-order valence-electron chi connectivity index (χ0n) is 18.9. The van der Waals surface area contributed by atoms with Crippen LogP contribution in [-0.2, 0) is 16.6 Å². The van der Waals surface area contributed by atoms with Crippen LogP contribution >= 0.6 is 0 Å². The van der Waals surface area contributed by atoms with Gasteiger partial charge in [0.1, 0.15) is 5.75 Å². The smallest absolute Gasteiger partial charge is 0.243 e. The largest absolute Gasteiger partial charge is 0.493 e. The van der Waals surface area contributed by atoms with Gasteiger partial charge >= 0.3 is 0 Å². The van der Waals surface area contributed by atoms with Crippen LogP contribution in [0.4, 0.5) is 0 Å². The van der Waals surface area contributed by atoms with Crippen LogP contribution in [0, 0.1) is 0 Å². The normalized spacial score (nSPS) is 15.6. The van der Waals surface area contributed by atoms with Gasteiger partial charge in [0, 0.05) is 26.2 Å². The minimum Gasteiger partial charge on any atom is -0.493 e. The predicted octanol–water partition coefficient (Wildman–Crippen LogP) is 3.80. The second-order valence-corrected chi connectivity index (χ2v) is 10.1. The molecule has 176 valence electrons. The summed E-state index contributed by atoms with van der Waals surface area (Å²) < 4.78 is 39.1. The third-order valence-electron chi connectivity index (χ3n) is 5.94. The summed E-state index contributed by atoms with van der Waals surface area (Å²) in [5.74, 6) is 1.69. The maximum absolute atomic E-state index is 13.2. The zero-order valence-corrected chi connectivity index (χ0v) is 19.7. The fourth-order valence-corrected chi connectivity index (χ4v) is 5.62. The zero-order chi connectivity index (χ0) is 23.5. The molecule has 0 atom stereocenters. The lowest BCUT2D eigenvalue weighted by Crippen LogP contribution is -2.48. The lowest BCUT2D eigenvalue weighted by Gasteiger charge is -2.33. The molecular weight excluding hydrogens is 452 g/mol. The van der Waals surface area contributed by atoms with Gasteiger partial charge in [-0.05, 0) is 42.0 Å². The molecule has 1 saturated heterocycles. The summed E-state index contributed by atoms with van der Waals surface area (Å²) in [5, 5.41) is 6.05. The lowest BCUT2D eigenvalue weighted by molar-refractivity contribution is 0.163. The Bertz CT molecular complexity index is 1390. The van der Waals surface area contributed by atoms with E-state index in [1.807, 2.05) is 61.5 Å². The quantitative estimate of drug-likeness (QED) is 0.399. The van der Waals surface area contributed by atoms with Crippen molar-refractivity contribution in [2.75, 3.05) is 32.8 Å². The van der Waals surface area contributed by atoms with Crippen LogP contribution in [-0.4, -0.2) is 60.5 Å². The molecule has 1 aliphatic heterocycles. The Morgan fingerprint density at radius 1 is 0.941 bits per heavy atom. The van der Waals surface area contributed by atoms with E-state index in [1.54, 1.807) is 16.4 Å². The summed E-state index contributed by atoms with van der Waals surface area (Å²) >= 11 is 0. The molecule has 4 aromatic rings. The Hall–Kier alpha value is -3.27. The van der Waals surface area contributed by atoms with E-state index < -0.39 is 10.0 Å². The SMILES string of the molecule is CCOc1ccccc1-c1noc(CN2CCN(S(=O)(=O)c3ccc4ccccc4c3)CC2)n1. The summed E-state index contributed by atoms with van der Waals surface area (Å²) in [6, 6.07) is 20.6. The standard InChI is InChI=1S/C25H26N4O4S/c1-2-32-23-10-6-5-9-22(23)25-26-24(33-27-25)18-28-13-15-29(16-14-28)34(30,31)21-12-11-19-7-3-4-8-20(19)17-21/h3-12,17H,2,13-16,18H2,1H3. The van der Waals surface area contributed by atoms with Crippen molar-refractivity contribution in [2.24, 2.45) is 0 Å². The molecule has 1 aromatic heterocycles. The topological polar surface area (TPSA) is 88.8 Å². The highest BCUT2D eigenvalue weighted by atomic mass is 32.2. The number of benzene rings is 3. The Morgan fingerprint density at radius 2 is 1.68 bits per heavy atom. The van der Waals surface area contributed by atoms with Crippen molar-refractivity contribution in [2.45, 2.75) is 18.4 Å². The Morgan fingerprint density at radius 3 is 2.47 bits per heavy atom. The maximum atomic E-state index is 13.2. The molecule has 2 heterocycles. The molecular formula is C25H26N4O4S. The molecule has 1 fully saturated rings. The van der Waals surface area contributed by atoms with Crippen LogP contribution in [0.25, 0.3) is 22.2 Å². The Kier molecular flexibility index (Phi) is 6.32. The highest BCUT2D eigenvalue weighted by molar-refractivity contribution is 7.89. The van der Waals surface area contributed by atoms with Gasteiger partial charge in [0.15, 0.2) is 0 Å². The van der Waals surface area contributed by atoms with Crippen LogP contribution in [0.3, 0.4) is 0 Å². The maximum Gasteiger partial charge on any atom is 0.243 e. The lowest BCUT2D eigenvalue weighted by atomic mass is 10.1. The van der Waals surface area contributed by atoms with Crippen molar-refractivity contribution in [3.05, 3.63) is 72.6 Å². The molecule has 0 spiro atoms. The van der Waals surface area contributed by atoms with Gasteiger partial charge in [0.2, 0.25) is 21.7 Å². The van der Waals surface area contributed by atoms with Gasteiger partial charge in [0.25, 0.3) is 0 Å². The molecule has 0 unspecified atom stereocenters. The number of ether oxygens (including phenoxy) is 1. The number of fused-ring (bicyclic) bond motifs is 1. The number of aromatic nitrogens is 2. The Balaban J connectivity index is 1.24. The minimum absolute atomic E-state index is 0.328. The van der Waals surface area contributed by atoms with E-state index in [9.17, 15) is 8.42 Å². The van der Waals surface area contributed by atoms with Crippen molar-refractivity contribution in [3.63, 3.8) is 0 Å². The van der Waals surface area contributed by atoms with Crippen LogP contribution < -0.4 is 4.74 Å². The van der Waals surface area contributed by atoms with Crippen LogP contribution in [0.2, 0.25) is 0 Å². The van der Waals surface area contributed by atoms with E-state index in [0.717, 1.165) is 16.3 Å². The van der Waals surface area contributed by atoms with Crippen LogP contribution in [0.15, 0.2) is 76.1 Å². The van der Waals surface area contributed by atoms with Crippen molar-refractivity contribution in [3.8, 4) is 17.1 Å². The first kappa shape index (κ1) is 22.5. The van der Waals surface area contributed by atoms with Crippen molar-refractivity contribution >= 4 is 20.8 Å². The van der Waals surface area contributed by atoms with Gasteiger partial charge in [-0.25, -0.2) is 8.42 Å². The highest BCUT2D eigenvalue weighted by Gasteiger charge is 2.29. The molecule has 34 heavy (non-hydrogen) atoms. The third kappa shape index (κ3) is 4.54. The van der Waals surface area contributed by atoms with Crippen LogP contribution in [0.5, 0.6) is 5.75 Å². The van der Waals surface area contributed by atoms with E-state index in [4.69, 9.17) is 9.26 Å². The van der Waals surface area contributed by atoms with Gasteiger partial charge in [-0.3, -0.25) is 4.90 Å². The molecule has 9 heteroatoms. The van der Waals surface area contributed by atoms with Gasteiger partial charge in [0.05, 0.1) is 23.6 Å². The predicted molar refractivity (Wildman–Crippen MR) is 129 cm³/mol. The van der Waals surface area contributed by atoms with E-state index >= 15 is 0 Å². The molecule has 0 N–H and O–H groups in total. The molecule has 8 nitrogen and oxygen atoms in total. The summed E-state index contributed by atoms with van der Waals surface area (Å²) in [4.78, 5) is 6.98. The fourth-order valence-electron chi connectivity index (χ4n) is 4.16. The number of hydrogen-bond donors (Lipinski definition) is 0. The number of sulfonamides is 1. The molecule has 0 aliphatic carbocycles. The van der Waals surface area contributed by atoms with Crippen molar-refractivity contribution in [1.29, 1.82) is 0 Å². The summed E-state index contributed by atoms with van der Waals surface area (Å²) in [6.45, 7) is 4.92. The molecule has 0 bridgehead atoms. The van der Waals surface area contributed by atoms with E-state index in [1.165, 1.54) is 0 Å². The fraction of sp³-hybridized carbons (Fsp3) is 0.280. The average molecular weight is 479 g/mol. The molecule has 0 amide bonds. The number of rotatable bonds is 7. The molecule has 0 saturated carbocycles. The molecule has 1 aliphatic rings. The summed E-state index contributed by atoms with van der Waals surface area (Å²) in [7, 11) is -3.55. The summed E-state index contributed by atoms with van der Waals surface area (Å²) in [6.07, 6.45) is 0. The summed E-state index contributed by atoms with van der Waals surface area (Å²) in [5.41, 5.74) is 0.783. The number of nitrogens with zero attached hydrogens (tertiary/aromatic N) is 4. The molecule has 0 radical (unpaired) electrons. The second kappa shape index (κ2) is 9.54. The number of piperazine rings is 1. The van der Waals surface area contributed by atoms with E-state index in [-0.39, 0.29) is 0 Å². The van der Waals surface area contributed by atoms with Gasteiger partial charge in [-0.1, -0.05) is 47.6 Å².